The lowest BCUT2D eigenvalue weighted by Gasteiger charge is -2.23. The molecule has 170 valence electrons. The van der Waals surface area contributed by atoms with Gasteiger partial charge in [0.15, 0.2) is 0 Å². The molecule has 0 aliphatic carbocycles. The van der Waals surface area contributed by atoms with Gasteiger partial charge in [-0.3, -0.25) is 0 Å². The minimum Gasteiger partial charge on any atom is -0.748 e. The van der Waals surface area contributed by atoms with E-state index in [-0.39, 0.29) is 5.75 Å². The molecule has 1 heterocycles. The Balaban J connectivity index is 1.63. The van der Waals surface area contributed by atoms with Gasteiger partial charge in [0, 0.05) is 29.9 Å². The van der Waals surface area contributed by atoms with Gasteiger partial charge in [0.2, 0.25) is 0 Å². The summed E-state index contributed by atoms with van der Waals surface area (Å²) in [4.78, 5) is 2.30. The zero-order chi connectivity index (χ0) is 23.0. The molecule has 3 aromatic rings. The molecule has 0 atom stereocenters. The number of hydrogen-bond acceptors (Lipinski definition) is 7. The molecule has 0 radical (unpaired) electrons. The summed E-state index contributed by atoms with van der Waals surface area (Å²) in [6, 6.07) is 18.4. The van der Waals surface area contributed by atoms with E-state index < -0.39 is 10.1 Å². The van der Waals surface area contributed by atoms with Crippen LogP contribution in [0.1, 0.15) is 31.0 Å². The van der Waals surface area contributed by atoms with Crippen LogP contribution in [0.25, 0.3) is 0 Å². The lowest BCUT2D eigenvalue weighted by molar-refractivity contribution is -0.686. The summed E-state index contributed by atoms with van der Waals surface area (Å²) in [5.74, 6) is -0.334. The number of azo groups is 1. The third-order valence-corrected chi connectivity index (χ3v) is 6.84. The number of thiazole rings is 1. The number of aryl methyl sites for hydroxylation is 1. The van der Waals surface area contributed by atoms with Gasteiger partial charge in [-0.05, 0) is 73.0 Å². The zero-order valence-corrected chi connectivity index (χ0v) is 20.0. The van der Waals surface area contributed by atoms with Crippen LogP contribution in [0.3, 0.4) is 0 Å². The molecule has 0 amide bonds. The lowest BCUT2D eigenvalue weighted by atomic mass is 10.2. The number of benzene rings is 2. The highest BCUT2D eigenvalue weighted by Gasteiger charge is 2.16. The van der Waals surface area contributed by atoms with Crippen LogP contribution in [0.5, 0.6) is 0 Å². The van der Waals surface area contributed by atoms with Crippen molar-refractivity contribution in [2.24, 2.45) is 10.2 Å². The molecule has 32 heavy (non-hydrogen) atoms. The Hall–Kier alpha value is -2.62. The average Bonchev–Trinajstić information content (AvgIpc) is 3.13. The Bertz CT molecular complexity index is 1130. The minimum absolute atomic E-state index is 0.334. The van der Waals surface area contributed by atoms with Crippen LogP contribution in [-0.2, 0) is 23.2 Å². The predicted octanol–water partition coefficient (Wildman–Crippen LogP) is 5.11. The molecule has 0 aliphatic heterocycles. The van der Waals surface area contributed by atoms with E-state index in [9.17, 15) is 13.0 Å². The third kappa shape index (κ3) is 7.22. The molecule has 3 rings (SSSR count). The molecule has 0 bridgehead atoms. The molecular weight excluding hydrogens is 444 g/mol. The summed E-state index contributed by atoms with van der Waals surface area (Å²) in [5, 5.41) is 11.5. The van der Waals surface area contributed by atoms with Crippen molar-refractivity contribution in [2.75, 3.05) is 17.2 Å². The van der Waals surface area contributed by atoms with Gasteiger partial charge in [0.25, 0.3) is 0 Å². The normalized spacial score (nSPS) is 11.8. The molecule has 0 unspecified atom stereocenters. The van der Waals surface area contributed by atoms with Crippen LogP contribution in [-0.4, -0.2) is 25.3 Å². The van der Waals surface area contributed by atoms with Crippen LogP contribution < -0.4 is 9.47 Å². The summed E-state index contributed by atoms with van der Waals surface area (Å²) in [7, 11) is -4.16. The summed E-state index contributed by atoms with van der Waals surface area (Å²) < 4.78 is 34.3. The fraction of sp³-hybridized carbons (Fsp3) is 0.348. The van der Waals surface area contributed by atoms with E-state index in [4.69, 9.17) is 0 Å². The molecule has 0 saturated heterocycles. The fourth-order valence-electron chi connectivity index (χ4n) is 3.33. The first-order valence-corrected chi connectivity index (χ1v) is 13.0. The molecule has 9 heteroatoms. The summed E-state index contributed by atoms with van der Waals surface area (Å²) in [5.41, 5.74) is 4.19. The molecule has 0 fully saturated rings. The smallest absolute Gasteiger partial charge is 0.408 e. The van der Waals surface area contributed by atoms with Gasteiger partial charge in [0.05, 0.1) is 21.8 Å². The van der Waals surface area contributed by atoms with Crippen LogP contribution in [0.4, 0.5) is 16.5 Å². The predicted molar refractivity (Wildman–Crippen MR) is 127 cm³/mol. The number of nitrogens with zero attached hydrogens (tertiary/aromatic N) is 4. The Morgan fingerprint density at radius 2 is 1.75 bits per heavy atom. The van der Waals surface area contributed by atoms with E-state index >= 15 is 0 Å². The maximum absolute atomic E-state index is 10.8. The van der Waals surface area contributed by atoms with Gasteiger partial charge in [-0.25, -0.2) is 13.0 Å². The van der Waals surface area contributed by atoms with E-state index in [0.717, 1.165) is 35.3 Å². The molecule has 0 saturated carbocycles. The first-order valence-electron chi connectivity index (χ1n) is 10.6. The average molecular weight is 473 g/mol. The van der Waals surface area contributed by atoms with Crippen LogP contribution >= 0.6 is 11.3 Å². The molecule has 0 aliphatic rings. The lowest BCUT2D eigenvalue weighted by Crippen LogP contribution is -2.34. The second-order valence-corrected chi connectivity index (χ2v) is 9.86. The van der Waals surface area contributed by atoms with Gasteiger partial charge in [-0.1, -0.05) is 30.3 Å². The quantitative estimate of drug-likeness (QED) is 0.168. The third-order valence-electron chi connectivity index (χ3n) is 5.08. The second-order valence-electron chi connectivity index (χ2n) is 7.50. The van der Waals surface area contributed by atoms with E-state index in [1.165, 1.54) is 16.9 Å². The Kier molecular flexibility index (Phi) is 8.49. The van der Waals surface area contributed by atoms with Crippen molar-refractivity contribution in [1.29, 1.82) is 0 Å². The largest absolute Gasteiger partial charge is 0.748 e. The fourth-order valence-corrected chi connectivity index (χ4v) is 4.75. The maximum Gasteiger partial charge on any atom is 0.408 e. The SMILES string of the molecule is CCN(Cc1ccccc1)c1ccc(/N=N/c2scc(C)[n+]2CCCCS(=O)(=O)[O-])cc1. The first kappa shape index (κ1) is 24.0. The van der Waals surface area contributed by atoms with E-state index in [2.05, 4.69) is 58.5 Å². The molecule has 0 spiro atoms. The van der Waals surface area contributed by atoms with Crippen molar-refractivity contribution in [2.45, 2.75) is 39.8 Å². The number of anilines is 1. The number of unbranched alkanes of at least 4 members (excludes halogenated alkanes) is 1. The monoisotopic (exact) mass is 472 g/mol. The highest BCUT2D eigenvalue weighted by molar-refractivity contribution is 7.85. The van der Waals surface area contributed by atoms with Crippen LogP contribution in [0.15, 0.2) is 70.2 Å². The Morgan fingerprint density at radius 1 is 1.03 bits per heavy atom. The highest BCUT2D eigenvalue weighted by Crippen LogP contribution is 2.24. The van der Waals surface area contributed by atoms with Crippen molar-refractivity contribution in [3.05, 3.63) is 71.2 Å². The highest BCUT2D eigenvalue weighted by atomic mass is 32.2. The summed E-state index contributed by atoms with van der Waals surface area (Å²) >= 11 is 1.49. The first-order chi connectivity index (χ1) is 15.4. The van der Waals surface area contributed by atoms with E-state index in [0.29, 0.717) is 19.4 Å². The number of hydrogen-bond donors (Lipinski definition) is 0. The molecule has 7 nitrogen and oxygen atoms in total. The van der Waals surface area contributed by atoms with Crippen molar-refractivity contribution in [3.8, 4) is 0 Å². The summed E-state index contributed by atoms with van der Waals surface area (Å²) in [6.07, 6.45) is 0.929. The van der Waals surface area contributed by atoms with Gasteiger partial charge in [-0.2, -0.15) is 0 Å². The Morgan fingerprint density at radius 3 is 2.41 bits per heavy atom. The van der Waals surface area contributed by atoms with Gasteiger partial charge in [0.1, 0.15) is 11.4 Å². The number of rotatable bonds is 11. The van der Waals surface area contributed by atoms with Crippen molar-refractivity contribution in [3.63, 3.8) is 0 Å². The van der Waals surface area contributed by atoms with Crippen LogP contribution in [0, 0.1) is 6.92 Å². The second kappa shape index (κ2) is 11.3. The van der Waals surface area contributed by atoms with Crippen molar-refractivity contribution < 1.29 is 17.5 Å². The van der Waals surface area contributed by atoms with Crippen LogP contribution in [0.2, 0.25) is 0 Å². The van der Waals surface area contributed by atoms with Gasteiger partial charge in [-0.15, -0.1) is 0 Å². The van der Waals surface area contributed by atoms with E-state index in [1.54, 1.807) is 0 Å². The molecule has 2 aromatic carbocycles. The van der Waals surface area contributed by atoms with Crippen molar-refractivity contribution in [1.82, 2.24) is 0 Å². The molecule has 1 aromatic heterocycles. The summed E-state index contributed by atoms with van der Waals surface area (Å²) in [6.45, 7) is 6.46. The minimum atomic E-state index is -4.16. The maximum atomic E-state index is 10.8. The van der Waals surface area contributed by atoms with E-state index in [1.807, 2.05) is 35.1 Å². The molecular formula is C23H28N4O3S2. The Labute approximate surface area is 193 Å². The standard InChI is InChI=1S/C23H28N4O3S2/c1-3-26(17-20-9-5-4-6-10-20)22-13-11-21(12-14-22)24-25-23-27(19(2)18-31-23)15-7-8-16-32(28,29)30/h4-6,9-14,18H,3,7-8,15-17H2,1-2H3. The van der Waals surface area contributed by atoms with Gasteiger partial charge >= 0.3 is 5.13 Å². The number of aromatic nitrogens is 1. The molecule has 0 N–H and O–H groups in total. The topological polar surface area (TPSA) is 89.0 Å². The van der Waals surface area contributed by atoms with Gasteiger partial charge < -0.3 is 9.45 Å². The van der Waals surface area contributed by atoms with Crippen molar-refractivity contribution >= 4 is 38.0 Å². The zero-order valence-electron chi connectivity index (χ0n) is 18.3.